The van der Waals surface area contributed by atoms with Gasteiger partial charge in [-0.3, -0.25) is 14.2 Å². The van der Waals surface area contributed by atoms with Gasteiger partial charge in [-0.05, 0) is 49.8 Å². The van der Waals surface area contributed by atoms with E-state index in [2.05, 4.69) is 5.10 Å². The Kier molecular flexibility index (Phi) is 8.18. The zero-order chi connectivity index (χ0) is 31.7. The van der Waals surface area contributed by atoms with E-state index in [4.69, 9.17) is 19.2 Å². The number of hydrogen-bond acceptors (Lipinski definition) is 9. The first-order valence-electron chi connectivity index (χ1n) is 14.3. The summed E-state index contributed by atoms with van der Waals surface area (Å²) in [6, 6.07) is 22.8. The molecule has 0 N–H and O–H groups in total. The molecule has 228 valence electrons. The molecule has 0 saturated carbocycles. The van der Waals surface area contributed by atoms with E-state index in [1.54, 1.807) is 50.3 Å². The number of aromatic nitrogens is 1. The Hall–Kier alpha value is -5.29. The number of fused-ring (bicyclic) bond motifs is 1. The van der Waals surface area contributed by atoms with Crippen molar-refractivity contribution < 1.29 is 23.8 Å². The molecule has 0 aliphatic carbocycles. The standard InChI is InChI=1S/C34H30N4O6S/c1-5-44-33(41)28-29(21-12-8-6-9-13-21)35-34-37(30(28)22-16-17-25(42-3)26(18-22)43-4)32(40)27(45-34)19-24-20(2)36-38(31(24)39)23-14-10-7-11-15-23/h6-19,24,30H,5H2,1-4H3/b27-19+/t24-,30+/m0/s1. The summed E-state index contributed by atoms with van der Waals surface area (Å²) in [7, 11) is 3.05. The van der Waals surface area contributed by atoms with Gasteiger partial charge in [-0.1, -0.05) is 65.9 Å². The van der Waals surface area contributed by atoms with Gasteiger partial charge in [0.2, 0.25) is 0 Å². The highest BCUT2D eigenvalue weighted by atomic mass is 32.1. The number of carbonyl (C=O) groups is 2. The summed E-state index contributed by atoms with van der Waals surface area (Å²) < 4.78 is 18.4. The third-order valence-electron chi connectivity index (χ3n) is 7.60. The number of rotatable bonds is 8. The molecule has 10 nitrogen and oxygen atoms in total. The van der Waals surface area contributed by atoms with E-state index >= 15 is 0 Å². The highest BCUT2D eigenvalue weighted by Gasteiger charge is 2.37. The highest BCUT2D eigenvalue weighted by molar-refractivity contribution is 7.07. The average molecular weight is 623 g/mol. The van der Waals surface area contributed by atoms with Crippen LogP contribution >= 0.6 is 11.3 Å². The second kappa shape index (κ2) is 12.4. The van der Waals surface area contributed by atoms with Crippen molar-refractivity contribution in [3.05, 3.63) is 115 Å². The van der Waals surface area contributed by atoms with E-state index in [-0.39, 0.29) is 18.1 Å². The lowest BCUT2D eigenvalue weighted by Gasteiger charge is -2.26. The Morgan fingerprint density at radius 3 is 2.31 bits per heavy atom. The summed E-state index contributed by atoms with van der Waals surface area (Å²) in [6.07, 6.45) is 1.63. The number of amides is 1. The lowest BCUT2D eigenvalue weighted by molar-refractivity contribution is -0.138. The molecule has 0 unspecified atom stereocenters. The molecule has 0 bridgehead atoms. The fourth-order valence-electron chi connectivity index (χ4n) is 5.47. The average Bonchev–Trinajstić information content (AvgIpc) is 3.54. The Morgan fingerprint density at radius 2 is 1.64 bits per heavy atom. The van der Waals surface area contributed by atoms with Gasteiger partial charge in [-0.2, -0.15) is 10.1 Å². The first-order chi connectivity index (χ1) is 21.9. The lowest BCUT2D eigenvalue weighted by atomic mass is 9.93. The number of benzene rings is 3. The van der Waals surface area contributed by atoms with Crippen LogP contribution in [0.3, 0.4) is 0 Å². The van der Waals surface area contributed by atoms with Crippen LogP contribution in [0.25, 0.3) is 11.8 Å². The van der Waals surface area contributed by atoms with E-state index in [9.17, 15) is 14.4 Å². The quantitative estimate of drug-likeness (QED) is 0.275. The summed E-state index contributed by atoms with van der Waals surface area (Å²) in [5, 5.41) is 5.83. The maximum atomic E-state index is 14.3. The van der Waals surface area contributed by atoms with Crippen LogP contribution in [0.2, 0.25) is 0 Å². The van der Waals surface area contributed by atoms with Crippen LogP contribution in [0.15, 0.2) is 99.3 Å². The number of anilines is 1. The number of thiazole rings is 1. The van der Waals surface area contributed by atoms with Crippen LogP contribution in [0, 0.1) is 5.92 Å². The number of hydrazone groups is 1. The van der Waals surface area contributed by atoms with Gasteiger partial charge in [0.15, 0.2) is 16.3 Å². The number of para-hydroxylation sites is 1. The SMILES string of the molecule is CCOC(=O)C1=C(c2ccccc2)N=c2s/c(=C/[C@@H]3C(=O)N(c4ccccc4)N=C3C)c(=O)n2[C@@H]1c1ccc(OC)c(OC)c1. The normalized spacial score (nSPS) is 18.0. The third kappa shape index (κ3) is 5.35. The topological polar surface area (TPSA) is 112 Å². The van der Waals surface area contributed by atoms with Gasteiger partial charge < -0.3 is 14.2 Å². The molecule has 2 atom stereocenters. The van der Waals surface area contributed by atoms with Crippen LogP contribution in [0.4, 0.5) is 5.69 Å². The maximum absolute atomic E-state index is 14.3. The van der Waals surface area contributed by atoms with Gasteiger partial charge in [0.25, 0.3) is 11.5 Å². The molecule has 0 radical (unpaired) electrons. The van der Waals surface area contributed by atoms with Gasteiger partial charge in [-0.15, -0.1) is 0 Å². The number of hydrogen-bond donors (Lipinski definition) is 0. The van der Waals surface area contributed by atoms with Crippen molar-refractivity contribution in [3.63, 3.8) is 0 Å². The van der Waals surface area contributed by atoms with Crippen molar-refractivity contribution in [2.75, 3.05) is 25.8 Å². The van der Waals surface area contributed by atoms with Gasteiger partial charge in [0.05, 0.1) is 54.1 Å². The van der Waals surface area contributed by atoms with Gasteiger partial charge >= 0.3 is 5.97 Å². The third-order valence-corrected chi connectivity index (χ3v) is 8.60. The largest absolute Gasteiger partial charge is 0.493 e. The second-order valence-corrected chi connectivity index (χ2v) is 11.3. The predicted molar refractivity (Wildman–Crippen MR) is 172 cm³/mol. The minimum atomic E-state index is -0.910. The maximum Gasteiger partial charge on any atom is 0.338 e. The van der Waals surface area contributed by atoms with Crippen LogP contribution < -0.4 is 29.4 Å². The Balaban J connectivity index is 1.57. The highest BCUT2D eigenvalue weighted by Crippen LogP contribution is 2.38. The van der Waals surface area contributed by atoms with E-state index in [1.165, 1.54) is 23.8 Å². The van der Waals surface area contributed by atoms with Crippen LogP contribution in [-0.4, -0.2) is 43.0 Å². The fraction of sp³-hybridized carbons (Fsp3) is 0.206. The van der Waals surface area contributed by atoms with Crippen molar-refractivity contribution in [1.29, 1.82) is 0 Å². The monoisotopic (exact) mass is 622 g/mol. The molecule has 6 rings (SSSR count). The molecule has 2 aliphatic heterocycles. The van der Waals surface area contributed by atoms with Crippen molar-refractivity contribution in [3.8, 4) is 11.5 Å². The molecular formula is C34H30N4O6S. The van der Waals surface area contributed by atoms with Gasteiger partial charge in [0, 0.05) is 5.56 Å². The second-order valence-electron chi connectivity index (χ2n) is 10.3. The van der Waals surface area contributed by atoms with Crippen molar-refractivity contribution >= 4 is 46.4 Å². The van der Waals surface area contributed by atoms with Crippen molar-refractivity contribution in [1.82, 2.24) is 4.57 Å². The number of esters is 1. The zero-order valence-corrected chi connectivity index (χ0v) is 25.9. The molecule has 45 heavy (non-hydrogen) atoms. The molecule has 0 spiro atoms. The van der Waals surface area contributed by atoms with Gasteiger partial charge in [-0.25, -0.2) is 9.79 Å². The van der Waals surface area contributed by atoms with E-state index in [1.807, 2.05) is 48.5 Å². The van der Waals surface area contributed by atoms with Crippen LogP contribution in [0.5, 0.6) is 11.5 Å². The van der Waals surface area contributed by atoms with Crippen LogP contribution in [-0.2, 0) is 14.3 Å². The fourth-order valence-corrected chi connectivity index (χ4v) is 6.48. The smallest absolute Gasteiger partial charge is 0.338 e. The number of ether oxygens (including phenoxy) is 3. The van der Waals surface area contributed by atoms with E-state index in [0.717, 1.165) is 11.3 Å². The molecule has 1 aromatic heterocycles. The summed E-state index contributed by atoms with van der Waals surface area (Å²) in [6.45, 7) is 3.62. The summed E-state index contributed by atoms with van der Waals surface area (Å²) in [4.78, 5) is 46.7. The predicted octanol–water partition coefficient (Wildman–Crippen LogP) is 3.94. The minimum Gasteiger partial charge on any atom is -0.493 e. The first-order valence-corrected chi connectivity index (χ1v) is 15.1. The Bertz CT molecular complexity index is 2030. The Morgan fingerprint density at radius 1 is 0.956 bits per heavy atom. The first kappa shape index (κ1) is 29.8. The van der Waals surface area contributed by atoms with E-state index < -0.39 is 23.5 Å². The summed E-state index contributed by atoms with van der Waals surface area (Å²) in [5.74, 6) is -0.678. The van der Waals surface area contributed by atoms with E-state index in [0.29, 0.717) is 49.1 Å². The summed E-state index contributed by atoms with van der Waals surface area (Å²) >= 11 is 1.15. The molecule has 1 amide bonds. The lowest BCUT2D eigenvalue weighted by Crippen LogP contribution is -2.40. The molecule has 4 aromatic rings. The zero-order valence-electron chi connectivity index (χ0n) is 25.1. The number of methoxy groups -OCH3 is 2. The molecule has 2 aliphatic rings. The van der Waals surface area contributed by atoms with Crippen LogP contribution in [0.1, 0.15) is 31.0 Å². The molecule has 3 heterocycles. The summed E-state index contributed by atoms with van der Waals surface area (Å²) in [5.41, 5.74) is 2.69. The molecular weight excluding hydrogens is 592 g/mol. The van der Waals surface area contributed by atoms with Crippen molar-refractivity contribution in [2.24, 2.45) is 16.0 Å². The number of nitrogens with zero attached hydrogens (tertiary/aromatic N) is 4. The molecule has 3 aromatic carbocycles. The van der Waals surface area contributed by atoms with Crippen molar-refractivity contribution in [2.45, 2.75) is 19.9 Å². The Labute approximate surface area is 262 Å². The molecule has 11 heteroatoms. The minimum absolute atomic E-state index is 0.133. The van der Waals surface area contributed by atoms with Gasteiger partial charge in [0.1, 0.15) is 5.92 Å². The molecule has 0 fully saturated rings. The number of carbonyl (C=O) groups excluding carboxylic acids is 2. The molecule has 0 saturated heterocycles.